The number of amides is 1. The number of piperazine rings is 1. The summed E-state index contributed by atoms with van der Waals surface area (Å²) < 4.78 is 0. The molecular formula is C31H41Cl2N5O. The van der Waals surface area contributed by atoms with E-state index in [4.69, 9.17) is 28.2 Å². The topological polar surface area (TPSA) is 68.8 Å². The summed E-state index contributed by atoms with van der Waals surface area (Å²) >= 11 is 12.2. The van der Waals surface area contributed by atoms with Crippen LogP contribution in [-0.2, 0) is 6.42 Å². The zero-order valence-electron chi connectivity index (χ0n) is 23.4. The lowest BCUT2D eigenvalue weighted by molar-refractivity contribution is -0.108. The molecule has 0 unspecified atom stereocenters. The number of guanidine groups is 1. The second kappa shape index (κ2) is 11.7. The fourth-order valence-electron chi connectivity index (χ4n) is 6.74. The molecular weight excluding hydrogens is 529 g/mol. The first kappa shape index (κ1) is 28.3. The summed E-state index contributed by atoms with van der Waals surface area (Å²) in [6.45, 7) is 12.8. The number of anilines is 1. The van der Waals surface area contributed by atoms with Gasteiger partial charge < -0.3 is 20.9 Å². The Morgan fingerprint density at radius 3 is 2.56 bits per heavy atom. The Hall–Kier alpha value is -2.28. The van der Waals surface area contributed by atoms with Gasteiger partial charge in [-0.1, -0.05) is 50.0 Å². The maximum absolute atomic E-state index is 12.8. The number of aliphatic imine (C=N–C) groups is 1. The van der Waals surface area contributed by atoms with E-state index in [0.717, 1.165) is 55.1 Å². The zero-order valence-corrected chi connectivity index (χ0v) is 24.9. The molecule has 2 aromatic rings. The van der Waals surface area contributed by atoms with Crippen LogP contribution in [0.15, 0.2) is 47.5 Å². The Morgan fingerprint density at radius 2 is 1.90 bits per heavy atom. The van der Waals surface area contributed by atoms with Gasteiger partial charge in [0.15, 0.2) is 5.96 Å². The van der Waals surface area contributed by atoms with E-state index < -0.39 is 0 Å². The first-order chi connectivity index (χ1) is 18.6. The van der Waals surface area contributed by atoms with Crippen molar-refractivity contribution in [2.45, 2.75) is 59.0 Å². The molecule has 4 aliphatic rings. The summed E-state index contributed by atoms with van der Waals surface area (Å²) in [5.74, 6) is 2.95. The Bertz CT molecular complexity index is 1210. The molecule has 1 saturated heterocycles. The van der Waals surface area contributed by atoms with E-state index in [9.17, 15) is 4.79 Å². The molecule has 3 aliphatic carbocycles. The lowest BCUT2D eigenvalue weighted by atomic mass is 9.45. The molecule has 0 aromatic heterocycles. The van der Waals surface area contributed by atoms with Crippen LogP contribution in [0.3, 0.4) is 0 Å². The van der Waals surface area contributed by atoms with Crippen molar-refractivity contribution in [3.63, 3.8) is 0 Å². The van der Waals surface area contributed by atoms with Crippen LogP contribution in [0.25, 0.3) is 0 Å². The molecule has 2 aromatic carbocycles. The van der Waals surface area contributed by atoms with Gasteiger partial charge in [0.05, 0.1) is 6.04 Å². The van der Waals surface area contributed by atoms with E-state index in [1.165, 1.54) is 6.42 Å². The number of carbonyl (C=O) groups excluding carboxylic acids is 1. The predicted octanol–water partition coefficient (Wildman–Crippen LogP) is 6.10. The molecule has 39 heavy (non-hydrogen) atoms. The number of hydrogen-bond acceptors (Lipinski definition) is 3. The number of nitrogens with one attached hydrogen (secondary N) is 3. The highest BCUT2D eigenvalue weighted by Gasteiger charge is 2.56. The van der Waals surface area contributed by atoms with Crippen molar-refractivity contribution in [1.29, 1.82) is 0 Å². The lowest BCUT2D eigenvalue weighted by Crippen LogP contribution is -2.57. The van der Waals surface area contributed by atoms with Crippen LogP contribution in [0.1, 0.15) is 56.5 Å². The number of rotatable bonds is 6. The molecule has 2 bridgehead atoms. The third-order valence-corrected chi connectivity index (χ3v) is 9.96. The van der Waals surface area contributed by atoms with Crippen molar-refractivity contribution in [2.24, 2.45) is 28.2 Å². The van der Waals surface area contributed by atoms with Crippen LogP contribution in [-0.4, -0.2) is 55.0 Å². The summed E-state index contributed by atoms with van der Waals surface area (Å²) in [7, 11) is 0. The highest BCUT2D eigenvalue weighted by Crippen LogP contribution is 2.61. The van der Waals surface area contributed by atoms with Crippen LogP contribution in [0.2, 0.25) is 10.0 Å². The van der Waals surface area contributed by atoms with Gasteiger partial charge in [-0.25, -0.2) is 4.99 Å². The molecule has 5 atom stereocenters. The van der Waals surface area contributed by atoms with E-state index in [1.54, 1.807) is 6.07 Å². The molecule has 4 fully saturated rings. The molecule has 210 valence electrons. The van der Waals surface area contributed by atoms with Gasteiger partial charge in [-0.05, 0) is 91.3 Å². The second-order valence-electron chi connectivity index (χ2n) is 12.2. The van der Waals surface area contributed by atoms with Crippen LogP contribution < -0.4 is 16.0 Å². The van der Waals surface area contributed by atoms with Crippen molar-refractivity contribution >= 4 is 40.8 Å². The fourth-order valence-corrected chi connectivity index (χ4v) is 7.24. The summed E-state index contributed by atoms with van der Waals surface area (Å²) in [5.41, 5.74) is 2.97. The monoisotopic (exact) mass is 569 g/mol. The maximum atomic E-state index is 12.8. The number of fused-ring (bicyclic) bond motifs is 2. The summed E-state index contributed by atoms with van der Waals surface area (Å²) in [6.07, 6.45) is 3.16. The lowest BCUT2D eigenvalue weighted by Gasteiger charge is -2.61. The minimum atomic E-state index is -0.102. The molecule has 6 nitrogen and oxygen atoms in total. The molecule has 3 N–H and O–H groups in total. The van der Waals surface area contributed by atoms with Crippen molar-refractivity contribution in [1.82, 2.24) is 15.5 Å². The predicted molar refractivity (Wildman–Crippen MR) is 162 cm³/mol. The standard InChI is InChI=1S/C31H41Cl2N5O/c1-19-18-38(14-13-34-19)30(37-28-16-23-15-26(20(28)2)31(23,3)4)36-25-9-6-22(7-10-25)29(39)35-12-11-21-5-8-24(32)17-27(21)33/h5-10,17,19-20,23,26,28,34H,11-16,18H2,1-4H3,(H,35,39)(H,36,37)/t19-,20+,23-,26-,28+/m0/s1. The number of halogens is 2. The summed E-state index contributed by atoms with van der Waals surface area (Å²) in [6, 6.07) is 13.9. The minimum absolute atomic E-state index is 0.102. The van der Waals surface area contributed by atoms with Crippen molar-refractivity contribution in [3.05, 3.63) is 63.6 Å². The molecule has 1 amide bonds. The number of nitrogens with zero attached hydrogens (tertiary/aromatic N) is 2. The number of hydrogen-bond donors (Lipinski definition) is 3. The van der Waals surface area contributed by atoms with E-state index in [0.29, 0.717) is 52.0 Å². The quantitative estimate of drug-likeness (QED) is 0.290. The van der Waals surface area contributed by atoms with Gasteiger partial charge in [-0.2, -0.15) is 0 Å². The highest BCUT2D eigenvalue weighted by atomic mass is 35.5. The third kappa shape index (κ3) is 6.23. The van der Waals surface area contributed by atoms with Crippen molar-refractivity contribution in [2.75, 3.05) is 31.5 Å². The van der Waals surface area contributed by atoms with Crippen LogP contribution in [0.4, 0.5) is 5.69 Å². The van der Waals surface area contributed by atoms with Crippen LogP contribution in [0.5, 0.6) is 0 Å². The number of benzene rings is 2. The first-order valence-electron chi connectivity index (χ1n) is 14.3. The average molecular weight is 571 g/mol. The Kier molecular flexibility index (Phi) is 8.46. The molecule has 1 aliphatic heterocycles. The first-order valence-corrected chi connectivity index (χ1v) is 15.0. The fraction of sp³-hybridized carbons (Fsp3) is 0.548. The minimum Gasteiger partial charge on any atom is -0.352 e. The van der Waals surface area contributed by atoms with E-state index >= 15 is 0 Å². The Balaban J connectivity index is 1.24. The van der Waals surface area contributed by atoms with Gasteiger partial charge in [-0.15, -0.1) is 0 Å². The molecule has 0 spiro atoms. The zero-order chi connectivity index (χ0) is 27.7. The van der Waals surface area contributed by atoms with Gasteiger partial charge in [0, 0.05) is 53.5 Å². The smallest absolute Gasteiger partial charge is 0.251 e. The summed E-state index contributed by atoms with van der Waals surface area (Å²) in [4.78, 5) is 20.5. The number of carbonyl (C=O) groups is 1. The molecule has 1 heterocycles. The van der Waals surface area contributed by atoms with Gasteiger partial charge >= 0.3 is 0 Å². The highest BCUT2D eigenvalue weighted by molar-refractivity contribution is 6.35. The molecule has 8 heteroatoms. The summed E-state index contributed by atoms with van der Waals surface area (Å²) in [5, 5.41) is 11.4. The SMILES string of the molecule is C[C@H]1[C@H](N=C(Nc2ccc(C(=O)NCCc3ccc(Cl)cc3Cl)cc2)N2CCN[C@@H](C)C2)C[C@@H]2C[C@@H]1C2(C)C. The van der Waals surface area contributed by atoms with Crippen LogP contribution >= 0.6 is 23.2 Å². The normalized spacial score (nSPS) is 28.0. The largest absolute Gasteiger partial charge is 0.352 e. The van der Waals surface area contributed by atoms with Crippen LogP contribution in [0, 0.1) is 23.2 Å². The Morgan fingerprint density at radius 1 is 1.13 bits per heavy atom. The van der Waals surface area contributed by atoms with Crippen molar-refractivity contribution in [3.8, 4) is 0 Å². The molecule has 0 radical (unpaired) electrons. The molecule has 6 rings (SSSR count). The van der Waals surface area contributed by atoms with Gasteiger partial charge in [-0.3, -0.25) is 4.79 Å². The third-order valence-electron chi connectivity index (χ3n) is 9.37. The maximum Gasteiger partial charge on any atom is 0.251 e. The van der Waals surface area contributed by atoms with Crippen molar-refractivity contribution < 1.29 is 4.79 Å². The Labute approximate surface area is 242 Å². The van der Waals surface area contributed by atoms with Gasteiger partial charge in [0.1, 0.15) is 0 Å². The van der Waals surface area contributed by atoms with E-state index in [1.807, 2.05) is 36.4 Å². The molecule has 3 saturated carbocycles. The van der Waals surface area contributed by atoms with Gasteiger partial charge in [0.2, 0.25) is 0 Å². The van der Waals surface area contributed by atoms with Gasteiger partial charge in [0.25, 0.3) is 5.91 Å². The van der Waals surface area contributed by atoms with E-state index in [2.05, 4.69) is 48.5 Å². The average Bonchev–Trinajstić information content (AvgIpc) is 2.90. The van der Waals surface area contributed by atoms with E-state index in [-0.39, 0.29) is 5.91 Å². The second-order valence-corrected chi connectivity index (χ2v) is 13.1.